The first-order valence-corrected chi connectivity index (χ1v) is 6.70. The normalized spacial score (nSPS) is 10.7. The summed E-state index contributed by atoms with van der Waals surface area (Å²) in [5.74, 6) is 6.17. The monoisotopic (exact) mass is 294 g/mol. The van der Waals surface area contributed by atoms with Crippen LogP contribution in [0.4, 0.5) is 10.2 Å². The molecule has 2 aromatic rings. The highest BCUT2D eigenvalue weighted by atomic mass is 35.5. The molecule has 1 heterocycles. The van der Waals surface area contributed by atoms with Crippen LogP contribution in [0.2, 0.25) is 5.02 Å². The highest BCUT2D eigenvalue weighted by Crippen LogP contribution is 2.23. The van der Waals surface area contributed by atoms with Crippen molar-refractivity contribution in [3.63, 3.8) is 0 Å². The van der Waals surface area contributed by atoms with Crippen LogP contribution in [0.25, 0.3) is 0 Å². The molecular weight excluding hydrogens is 279 g/mol. The first-order chi connectivity index (χ1) is 9.56. The number of nitrogen functional groups attached to an aromatic ring is 1. The fourth-order valence-corrected chi connectivity index (χ4v) is 2.36. The van der Waals surface area contributed by atoms with Gasteiger partial charge in [-0.3, -0.25) is 0 Å². The Morgan fingerprint density at radius 3 is 2.65 bits per heavy atom. The topological polar surface area (TPSA) is 63.8 Å². The lowest BCUT2D eigenvalue weighted by atomic mass is 10.1. The molecule has 0 aliphatic carbocycles. The standard InChI is InChI=1S/C14H16ClFN4/c1-3-9-8(2)18-13(19-14(9)20-17)7-10-11(15)5-4-6-12(10)16/h4-6H,3,7,17H2,1-2H3,(H,18,19,20). The Labute approximate surface area is 122 Å². The predicted molar refractivity (Wildman–Crippen MR) is 78.2 cm³/mol. The van der Waals surface area contributed by atoms with Gasteiger partial charge in [0.25, 0.3) is 0 Å². The van der Waals surface area contributed by atoms with E-state index in [1.165, 1.54) is 6.07 Å². The van der Waals surface area contributed by atoms with Gasteiger partial charge in [-0.25, -0.2) is 20.2 Å². The minimum atomic E-state index is -0.361. The second-order valence-corrected chi connectivity index (χ2v) is 4.83. The minimum absolute atomic E-state index is 0.227. The first-order valence-electron chi connectivity index (χ1n) is 6.32. The third-order valence-corrected chi connectivity index (χ3v) is 3.50. The van der Waals surface area contributed by atoms with E-state index in [1.54, 1.807) is 12.1 Å². The number of benzene rings is 1. The van der Waals surface area contributed by atoms with Crippen molar-refractivity contribution in [1.29, 1.82) is 0 Å². The Kier molecular flexibility index (Phi) is 4.52. The van der Waals surface area contributed by atoms with Gasteiger partial charge in [0, 0.05) is 28.3 Å². The Bertz CT molecular complexity index is 611. The summed E-state index contributed by atoms with van der Waals surface area (Å²) in [7, 11) is 0. The van der Waals surface area contributed by atoms with Crippen molar-refractivity contribution < 1.29 is 4.39 Å². The summed E-state index contributed by atoms with van der Waals surface area (Å²) in [5.41, 5.74) is 4.74. The van der Waals surface area contributed by atoms with Gasteiger partial charge in [-0.15, -0.1) is 0 Å². The smallest absolute Gasteiger partial charge is 0.147 e. The number of hydrogen-bond acceptors (Lipinski definition) is 4. The van der Waals surface area contributed by atoms with Gasteiger partial charge in [-0.1, -0.05) is 24.6 Å². The largest absolute Gasteiger partial charge is 0.308 e. The molecule has 3 N–H and O–H groups in total. The predicted octanol–water partition coefficient (Wildman–Crippen LogP) is 3.02. The van der Waals surface area contributed by atoms with Crippen LogP contribution in [0.15, 0.2) is 18.2 Å². The third kappa shape index (κ3) is 2.89. The molecule has 0 aliphatic rings. The van der Waals surface area contributed by atoms with Gasteiger partial charge >= 0.3 is 0 Å². The molecule has 0 bridgehead atoms. The molecule has 1 aromatic heterocycles. The molecule has 0 radical (unpaired) electrons. The van der Waals surface area contributed by atoms with Crippen LogP contribution in [-0.2, 0) is 12.8 Å². The van der Waals surface area contributed by atoms with Crippen molar-refractivity contribution in [3.8, 4) is 0 Å². The lowest BCUT2D eigenvalue weighted by Gasteiger charge is -2.12. The lowest BCUT2D eigenvalue weighted by molar-refractivity contribution is 0.612. The van der Waals surface area contributed by atoms with Crippen molar-refractivity contribution in [2.45, 2.75) is 26.7 Å². The zero-order chi connectivity index (χ0) is 14.7. The van der Waals surface area contributed by atoms with E-state index in [2.05, 4.69) is 15.4 Å². The molecule has 0 fully saturated rings. The Hall–Kier alpha value is -1.72. The minimum Gasteiger partial charge on any atom is -0.308 e. The number of nitrogens with zero attached hydrogens (tertiary/aromatic N) is 2. The summed E-state index contributed by atoms with van der Waals surface area (Å²) in [4.78, 5) is 8.73. The maximum atomic E-state index is 13.8. The highest BCUT2D eigenvalue weighted by Gasteiger charge is 2.13. The number of aryl methyl sites for hydroxylation is 1. The molecule has 6 heteroatoms. The van der Waals surface area contributed by atoms with Crippen LogP contribution in [0.5, 0.6) is 0 Å². The molecular formula is C14H16ClFN4. The van der Waals surface area contributed by atoms with E-state index in [9.17, 15) is 4.39 Å². The summed E-state index contributed by atoms with van der Waals surface area (Å²) >= 11 is 6.02. The van der Waals surface area contributed by atoms with Gasteiger partial charge in [-0.2, -0.15) is 0 Å². The molecule has 0 saturated carbocycles. The SMILES string of the molecule is CCc1c(C)nc(Cc2c(F)cccc2Cl)nc1NN. The van der Waals surface area contributed by atoms with Crippen LogP contribution < -0.4 is 11.3 Å². The van der Waals surface area contributed by atoms with E-state index in [0.29, 0.717) is 22.2 Å². The van der Waals surface area contributed by atoms with Crippen LogP contribution >= 0.6 is 11.6 Å². The number of hydrogen-bond donors (Lipinski definition) is 2. The van der Waals surface area contributed by atoms with Gasteiger partial charge in [0.2, 0.25) is 0 Å². The van der Waals surface area contributed by atoms with Gasteiger partial charge in [0.15, 0.2) is 0 Å². The molecule has 1 aromatic carbocycles. The highest BCUT2D eigenvalue weighted by molar-refractivity contribution is 6.31. The average Bonchev–Trinajstić information content (AvgIpc) is 2.42. The molecule has 0 spiro atoms. The molecule has 0 saturated heterocycles. The van der Waals surface area contributed by atoms with E-state index in [0.717, 1.165) is 17.7 Å². The summed E-state index contributed by atoms with van der Waals surface area (Å²) in [6.07, 6.45) is 0.997. The third-order valence-electron chi connectivity index (χ3n) is 3.15. The Balaban J connectivity index is 2.42. The Morgan fingerprint density at radius 2 is 2.05 bits per heavy atom. The van der Waals surface area contributed by atoms with Gasteiger partial charge in [-0.05, 0) is 25.5 Å². The zero-order valence-electron chi connectivity index (χ0n) is 11.4. The van der Waals surface area contributed by atoms with Crippen molar-refractivity contribution in [2.75, 3.05) is 5.43 Å². The zero-order valence-corrected chi connectivity index (χ0v) is 12.1. The van der Waals surface area contributed by atoms with Crippen molar-refractivity contribution in [2.24, 2.45) is 5.84 Å². The van der Waals surface area contributed by atoms with E-state index in [4.69, 9.17) is 17.4 Å². The molecule has 106 valence electrons. The van der Waals surface area contributed by atoms with Crippen molar-refractivity contribution in [3.05, 3.63) is 51.7 Å². The second-order valence-electron chi connectivity index (χ2n) is 4.43. The molecule has 0 amide bonds. The summed E-state index contributed by atoms with van der Waals surface area (Å²) in [6.45, 7) is 3.88. The van der Waals surface area contributed by atoms with Crippen LogP contribution in [0.3, 0.4) is 0 Å². The number of rotatable bonds is 4. The summed E-state index contributed by atoms with van der Waals surface area (Å²) in [6, 6.07) is 4.59. The number of halogens is 2. The molecule has 4 nitrogen and oxygen atoms in total. The second kappa shape index (κ2) is 6.15. The maximum Gasteiger partial charge on any atom is 0.147 e. The van der Waals surface area contributed by atoms with Crippen LogP contribution in [-0.4, -0.2) is 9.97 Å². The molecule has 0 unspecified atom stereocenters. The van der Waals surface area contributed by atoms with Gasteiger partial charge in [0.1, 0.15) is 17.5 Å². The Morgan fingerprint density at radius 1 is 1.30 bits per heavy atom. The van der Waals surface area contributed by atoms with Gasteiger partial charge in [0.05, 0.1) is 0 Å². The van der Waals surface area contributed by atoms with Gasteiger partial charge < -0.3 is 5.43 Å². The van der Waals surface area contributed by atoms with Crippen LogP contribution in [0.1, 0.15) is 29.6 Å². The number of nitrogens with one attached hydrogen (secondary N) is 1. The number of nitrogens with two attached hydrogens (primary N) is 1. The van der Waals surface area contributed by atoms with E-state index in [-0.39, 0.29) is 12.2 Å². The molecule has 0 aliphatic heterocycles. The van der Waals surface area contributed by atoms with E-state index in [1.807, 2.05) is 13.8 Å². The molecule has 2 rings (SSSR count). The first kappa shape index (κ1) is 14.7. The average molecular weight is 295 g/mol. The number of hydrazine groups is 1. The van der Waals surface area contributed by atoms with Crippen LogP contribution in [0, 0.1) is 12.7 Å². The van der Waals surface area contributed by atoms with E-state index < -0.39 is 0 Å². The van der Waals surface area contributed by atoms with Crippen molar-refractivity contribution >= 4 is 17.4 Å². The molecule has 20 heavy (non-hydrogen) atoms. The fraction of sp³-hybridized carbons (Fsp3) is 0.286. The number of anilines is 1. The lowest BCUT2D eigenvalue weighted by Crippen LogP contribution is -2.15. The quantitative estimate of drug-likeness (QED) is 0.672. The van der Waals surface area contributed by atoms with Crippen molar-refractivity contribution in [1.82, 2.24) is 9.97 Å². The maximum absolute atomic E-state index is 13.8. The fourth-order valence-electron chi connectivity index (χ4n) is 2.14. The number of aromatic nitrogens is 2. The summed E-state index contributed by atoms with van der Waals surface area (Å²) in [5, 5.41) is 0.369. The molecule has 0 atom stereocenters. The van der Waals surface area contributed by atoms with E-state index >= 15 is 0 Å². The summed E-state index contributed by atoms with van der Waals surface area (Å²) < 4.78 is 13.8.